The van der Waals surface area contributed by atoms with Crippen molar-refractivity contribution in [1.82, 2.24) is 0 Å². The molecule has 1 fully saturated rings. The molecule has 1 heterocycles. The van der Waals surface area contributed by atoms with Gasteiger partial charge in [0.25, 0.3) is 0 Å². The Kier molecular flexibility index (Phi) is 3.91. The zero-order valence-electron chi connectivity index (χ0n) is 8.29. The molecule has 1 aliphatic heterocycles. The van der Waals surface area contributed by atoms with Gasteiger partial charge in [-0.1, -0.05) is 20.8 Å². The van der Waals surface area contributed by atoms with Crippen molar-refractivity contribution in [3.05, 3.63) is 0 Å². The minimum absolute atomic E-state index is 0.0694. The third kappa shape index (κ3) is 2.40. The maximum Gasteiger partial charge on any atom is 0.0604 e. The predicted octanol–water partition coefficient (Wildman–Crippen LogP) is 2.39. The maximum absolute atomic E-state index is 9.97. The number of rotatable bonds is 3. The van der Waals surface area contributed by atoms with Crippen LogP contribution in [0, 0.1) is 17.8 Å². The van der Waals surface area contributed by atoms with Gasteiger partial charge in [0.05, 0.1) is 6.10 Å². The largest absolute Gasteiger partial charge is 0.393 e. The Morgan fingerprint density at radius 2 is 2.00 bits per heavy atom. The summed E-state index contributed by atoms with van der Waals surface area (Å²) >= 11 is 1.98. The molecule has 0 saturated carbocycles. The van der Waals surface area contributed by atoms with Crippen LogP contribution in [0.5, 0.6) is 0 Å². The third-order valence-electron chi connectivity index (χ3n) is 3.04. The lowest BCUT2D eigenvalue weighted by Gasteiger charge is -2.26. The van der Waals surface area contributed by atoms with Crippen molar-refractivity contribution < 1.29 is 5.11 Å². The standard InChI is InChI=1S/C10H20OS/c1-7(2)8(3)10(11)9-4-5-12-6-9/h7-11H,4-6H2,1-3H3. The molecule has 0 aromatic rings. The average Bonchev–Trinajstić information content (AvgIpc) is 2.53. The van der Waals surface area contributed by atoms with Crippen molar-refractivity contribution in [2.45, 2.75) is 33.3 Å². The molecule has 0 radical (unpaired) electrons. The fraction of sp³-hybridized carbons (Fsp3) is 1.00. The second-order valence-electron chi connectivity index (χ2n) is 4.22. The van der Waals surface area contributed by atoms with Crippen molar-refractivity contribution in [1.29, 1.82) is 0 Å². The molecule has 1 rings (SSSR count). The number of aliphatic hydroxyl groups excluding tert-OH is 1. The van der Waals surface area contributed by atoms with E-state index in [0.29, 0.717) is 17.8 Å². The van der Waals surface area contributed by atoms with Crippen LogP contribution in [0.25, 0.3) is 0 Å². The smallest absolute Gasteiger partial charge is 0.0604 e. The van der Waals surface area contributed by atoms with E-state index in [1.807, 2.05) is 11.8 Å². The molecule has 2 heteroatoms. The van der Waals surface area contributed by atoms with Crippen molar-refractivity contribution in [3.8, 4) is 0 Å². The van der Waals surface area contributed by atoms with E-state index in [4.69, 9.17) is 0 Å². The predicted molar refractivity (Wildman–Crippen MR) is 55.4 cm³/mol. The number of hydrogen-bond donors (Lipinski definition) is 1. The maximum atomic E-state index is 9.97. The first-order valence-corrected chi connectivity index (χ1v) is 6.04. The minimum atomic E-state index is -0.0694. The van der Waals surface area contributed by atoms with E-state index in [1.165, 1.54) is 12.2 Å². The van der Waals surface area contributed by atoms with Gasteiger partial charge in [0.2, 0.25) is 0 Å². The van der Waals surface area contributed by atoms with Gasteiger partial charge in [-0.15, -0.1) is 0 Å². The first kappa shape index (κ1) is 10.4. The summed E-state index contributed by atoms with van der Waals surface area (Å²) in [6, 6.07) is 0. The SMILES string of the molecule is CC(C)C(C)C(O)C1CCSC1. The van der Waals surface area contributed by atoms with Gasteiger partial charge in [0.1, 0.15) is 0 Å². The molecule has 0 aliphatic carbocycles. The fourth-order valence-corrected chi connectivity index (χ4v) is 2.95. The van der Waals surface area contributed by atoms with Crippen LogP contribution in [0.4, 0.5) is 0 Å². The Balaban J connectivity index is 2.39. The molecule has 1 saturated heterocycles. The van der Waals surface area contributed by atoms with Gasteiger partial charge in [0.15, 0.2) is 0 Å². The monoisotopic (exact) mass is 188 g/mol. The summed E-state index contributed by atoms with van der Waals surface area (Å²) in [4.78, 5) is 0. The van der Waals surface area contributed by atoms with Gasteiger partial charge in [-0.25, -0.2) is 0 Å². The van der Waals surface area contributed by atoms with E-state index < -0.39 is 0 Å². The van der Waals surface area contributed by atoms with E-state index in [-0.39, 0.29) is 6.10 Å². The Labute approximate surface area is 79.9 Å². The third-order valence-corrected chi connectivity index (χ3v) is 4.23. The van der Waals surface area contributed by atoms with Crippen LogP contribution >= 0.6 is 11.8 Å². The first-order valence-electron chi connectivity index (χ1n) is 4.88. The molecule has 0 aromatic carbocycles. The van der Waals surface area contributed by atoms with Crippen LogP contribution in [-0.4, -0.2) is 22.7 Å². The lowest BCUT2D eigenvalue weighted by molar-refractivity contribution is 0.0478. The fourth-order valence-electron chi connectivity index (χ4n) is 1.65. The molecule has 0 amide bonds. The van der Waals surface area contributed by atoms with Crippen LogP contribution < -0.4 is 0 Å². The molecule has 3 unspecified atom stereocenters. The van der Waals surface area contributed by atoms with Gasteiger partial charge >= 0.3 is 0 Å². The summed E-state index contributed by atoms with van der Waals surface area (Å²) in [6.45, 7) is 6.55. The molecule has 1 N–H and O–H groups in total. The highest BCUT2D eigenvalue weighted by molar-refractivity contribution is 7.99. The van der Waals surface area contributed by atoms with Crippen LogP contribution in [0.1, 0.15) is 27.2 Å². The van der Waals surface area contributed by atoms with Crippen LogP contribution in [0.15, 0.2) is 0 Å². The first-order chi connectivity index (χ1) is 5.63. The lowest BCUT2D eigenvalue weighted by Crippen LogP contribution is -2.30. The van der Waals surface area contributed by atoms with E-state index in [9.17, 15) is 5.11 Å². The minimum Gasteiger partial charge on any atom is -0.393 e. The molecule has 72 valence electrons. The molecule has 0 bridgehead atoms. The second kappa shape index (κ2) is 4.52. The summed E-state index contributed by atoms with van der Waals surface area (Å²) in [7, 11) is 0. The molecule has 0 spiro atoms. The Morgan fingerprint density at radius 3 is 2.42 bits per heavy atom. The van der Waals surface area contributed by atoms with E-state index in [0.717, 1.165) is 5.75 Å². The van der Waals surface area contributed by atoms with Crippen LogP contribution in [-0.2, 0) is 0 Å². The molecule has 12 heavy (non-hydrogen) atoms. The van der Waals surface area contributed by atoms with Gasteiger partial charge in [-0.2, -0.15) is 11.8 Å². The van der Waals surface area contributed by atoms with Crippen LogP contribution in [0.2, 0.25) is 0 Å². The summed E-state index contributed by atoms with van der Waals surface area (Å²) in [5.41, 5.74) is 0. The van der Waals surface area contributed by atoms with Gasteiger partial charge in [0, 0.05) is 0 Å². The molecule has 1 aliphatic rings. The Bertz CT molecular complexity index is 128. The van der Waals surface area contributed by atoms with E-state index in [1.54, 1.807) is 0 Å². The number of thioether (sulfide) groups is 1. The summed E-state index contributed by atoms with van der Waals surface area (Å²) in [6.07, 6.45) is 1.14. The van der Waals surface area contributed by atoms with Crippen molar-refractivity contribution in [2.24, 2.45) is 17.8 Å². The highest BCUT2D eigenvalue weighted by atomic mass is 32.2. The molecule has 3 atom stereocenters. The Morgan fingerprint density at radius 1 is 1.33 bits per heavy atom. The zero-order chi connectivity index (χ0) is 9.14. The normalized spacial score (nSPS) is 29.2. The summed E-state index contributed by atoms with van der Waals surface area (Å²) in [5, 5.41) is 9.97. The number of hydrogen-bond acceptors (Lipinski definition) is 2. The molecule has 1 nitrogen and oxygen atoms in total. The highest BCUT2D eigenvalue weighted by Gasteiger charge is 2.28. The molecule has 0 aromatic heterocycles. The van der Waals surface area contributed by atoms with E-state index in [2.05, 4.69) is 20.8 Å². The molecular weight excluding hydrogens is 168 g/mol. The van der Waals surface area contributed by atoms with Gasteiger partial charge < -0.3 is 5.11 Å². The second-order valence-corrected chi connectivity index (χ2v) is 5.37. The zero-order valence-corrected chi connectivity index (χ0v) is 9.10. The van der Waals surface area contributed by atoms with Gasteiger partial charge in [-0.3, -0.25) is 0 Å². The Hall–Kier alpha value is 0.310. The molecular formula is C10H20OS. The number of aliphatic hydroxyl groups is 1. The topological polar surface area (TPSA) is 20.2 Å². The van der Waals surface area contributed by atoms with E-state index >= 15 is 0 Å². The van der Waals surface area contributed by atoms with Gasteiger partial charge in [-0.05, 0) is 35.7 Å². The quantitative estimate of drug-likeness (QED) is 0.734. The van der Waals surface area contributed by atoms with Crippen molar-refractivity contribution in [3.63, 3.8) is 0 Å². The van der Waals surface area contributed by atoms with Crippen molar-refractivity contribution in [2.75, 3.05) is 11.5 Å². The summed E-state index contributed by atoms with van der Waals surface area (Å²) < 4.78 is 0. The van der Waals surface area contributed by atoms with Crippen molar-refractivity contribution >= 4 is 11.8 Å². The summed E-state index contributed by atoms with van der Waals surface area (Å²) in [5.74, 6) is 4.02. The average molecular weight is 188 g/mol. The van der Waals surface area contributed by atoms with Crippen LogP contribution in [0.3, 0.4) is 0 Å². The highest BCUT2D eigenvalue weighted by Crippen LogP contribution is 2.31. The lowest BCUT2D eigenvalue weighted by atomic mass is 9.85.